The molecule has 0 saturated carbocycles. The summed E-state index contributed by atoms with van der Waals surface area (Å²) in [4.78, 5) is 0. The number of hydrogen-bond donors (Lipinski definition) is 4. The van der Waals surface area contributed by atoms with E-state index >= 15 is 0 Å². The maximum Gasteiger partial charge on any atom is 0.127 e. The van der Waals surface area contributed by atoms with Crippen molar-refractivity contribution < 1.29 is 20.6 Å². The summed E-state index contributed by atoms with van der Waals surface area (Å²) in [5, 5.41) is 47.0. The minimum Gasteiger partial charge on any atom is -0.507 e. The van der Waals surface area contributed by atoms with Crippen molar-refractivity contribution in [1.29, 1.82) is 0 Å². The van der Waals surface area contributed by atoms with E-state index in [4.69, 9.17) is 23.2 Å². The van der Waals surface area contributed by atoms with Crippen LogP contribution in [0.25, 0.3) is 0 Å². The molecule has 2 aromatic carbocycles. The van der Waals surface area contributed by atoms with E-state index in [9.17, 15) is 20.6 Å². The van der Waals surface area contributed by atoms with Gasteiger partial charge in [0.1, 0.15) is 11.5 Å². The zero-order valence-corrected chi connectivity index (χ0v) is 21.3. The lowest BCUT2D eigenvalue weighted by molar-refractivity contribution is 0.317. The molecule has 0 unspecified atom stereocenters. The van der Waals surface area contributed by atoms with Gasteiger partial charge in [-0.25, -0.2) is 0 Å². The molecule has 0 aliphatic carbocycles. The van der Waals surface area contributed by atoms with Crippen LogP contribution in [0.5, 0.6) is 11.5 Å². The second kappa shape index (κ2) is 14.1. The highest BCUT2D eigenvalue weighted by molar-refractivity contribution is 6.31. The van der Waals surface area contributed by atoms with Gasteiger partial charge in [-0.15, -0.1) is 0 Å². The Morgan fingerprint density at radius 3 is 1.26 bits per heavy atom. The van der Waals surface area contributed by atoms with Crippen LogP contribution in [0.15, 0.2) is 34.6 Å². The minimum absolute atomic E-state index is 0.104. The molecule has 0 bridgehead atoms. The number of phenols is 2. The maximum absolute atomic E-state index is 10.2. The van der Waals surface area contributed by atoms with Crippen LogP contribution < -0.4 is 0 Å². The van der Waals surface area contributed by atoms with Crippen molar-refractivity contribution in [2.24, 2.45) is 10.3 Å². The number of aromatic hydroxyl groups is 2. The molecule has 0 amide bonds. The summed E-state index contributed by atoms with van der Waals surface area (Å²) in [6.07, 6.45) is 9.28. The molecule has 4 N–H and O–H groups in total. The quantitative estimate of drug-likeness (QED) is 0.0951. The van der Waals surface area contributed by atoms with Gasteiger partial charge >= 0.3 is 0 Å². The van der Waals surface area contributed by atoms with E-state index in [-0.39, 0.29) is 11.5 Å². The number of phenolic OH excluding ortho intramolecular Hbond substituents is 2. The lowest BCUT2D eigenvalue weighted by Gasteiger charge is -2.10. The van der Waals surface area contributed by atoms with Crippen molar-refractivity contribution >= 4 is 34.6 Å². The van der Waals surface area contributed by atoms with Crippen molar-refractivity contribution in [3.05, 3.63) is 56.6 Å². The van der Waals surface area contributed by atoms with Gasteiger partial charge in [0, 0.05) is 21.2 Å². The minimum atomic E-state index is 0.104. The van der Waals surface area contributed by atoms with E-state index in [1.807, 2.05) is 0 Å². The van der Waals surface area contributed by atoms with E-state index in [1.165, 1.54) is 0 Å². The number of nitrogens with zero attached hydrogens (tertiary/aromatic N) is 2. The van der Waals surface area contributed by atoms with Gasteiger partial charge in [0.15, 0.2) is 0 Å². The number of hydrogen-bond acceptors (Lipinski definition) is 6. The summed E-state index contributed by atoms with van der Waals surface area (Å²) in [5.41, 5.74) is 3.18. The summed E-state index contributed by atoms with van der Waals surface area (Å²) < 4.78 is 0. The Kier molecular flexibility index (Phi) is 11.5. The molecule has 34 heavy (non-hydrogen) atoms. The molecule has 0 spiro atoms. The van der Waals surface area contributed by atoms with Crippen LogP contribution in [0, 0.1) is 13.8 Å². The lowest BCUT2D eigenvalue weighted by atomic mass is 9.99. The van der Waals surface area contributed by atoms with Crippen LogP contribution in [0.2, 0.25) is 10.0 Å². The molecule has 2 aromatic rings. The van der Waals surface area contributed by atoms with E-state index < -0.39 is 0 Å². The fourth-order valence-electron chi connectivity index (χ4n) is 4.03. The van der Waals surface area contributed by atoms with Crippen LogP contribution in [-0.2, 0) is 0 Å². The van der Waals surface area contributed by atoms with E-state index in [1.54, 1.807) is 38.1 Å². The van der Waals surface area contributed by atoms with Gasteiger partial charge in [-0.3, -0.25) is 0 Å². The maximum atomic E-state index is 10.2. The fraction of sp³-hybridized carbons (Fsp3) is 0.462. The summed E-state index contributed by atoms with van der Waals surface area (Å²) in [6, 6.07) is 6.60. The number of unbranched alkanes of at least 4 members (excludes halogenated alkanes) is 7. The third-order valence-electron chi connectivity index (χ3n) is 5.97. The molecule has 6 nitrogen and oxygen atoms in total. The van der Waals surface area contributed by atoms with Crippen LogP contribution >= 0.6 is 23.2 Å². The van der Waals surface area contributed by atoms with Crippen molar-refractivity contribution in [3.63, 3.8) is 0 Å². The predicted molar refractivity (Wildman–Crippen MR) is 139 cm³/mol. The first-order valence-electron chi connectivity index (χ1n) is 11.7. The highest BCUT2D eigenvalue weighted by Crippen LogP contribution is 2.29. The van der Waals surface area contributed by atoms with Gasteiger partial charge in [0.2, 0.25) is 0 Å². The second-order valence-electron chi connectivity index (χ2n) is 8.66. The standard InChI is InChI=1S/C26H34Cl2N2O4/c1-17-13-19(27)15-21(25(17)31)23(29-33)11-9-7-5-3-4-6-8-10-12-24(30-34)22-16-20(28)14-18(2)26(22)32/h13-16,31-34H,3-12H2,1-2H3/b29-23+,30-24+. The molecule has 2 rings (SSSR count). The normalized spacial score (nSPS) is 12.4. The van der Waals surface area contributed by atoms with Crippen LogP contribution in [0.3, 0.4) is 0 Å². The van der Waals surface area contributed by atoms with Crippen molar-refractivity contribution in [3.8, 4) is 11.5 Å². The van der Waals surface area contributed by atoms with E-state index in [0.29, 0.717) is 56.6 Å². The Labute approximate surface area is 211 Å². The van der Waals surface area contributed by atoms with Crippen molar-refractivity contribution in [1.82, 2.24) is 0 Å². The summed E-state index contributed by atoms with van der Waals surface area (Å²) in [6.45, 7) is 3.53. The highest BCUT2D eigenvalue weighted by atomic mass is 35.5. The topological polar surface area (TPSA) is 106 Å². The average molecular weight is 509 g/mol. The molecule has 8 heteroatoms. The molecule has 0 aliphatic rings. The van der Waals surface area contributed by atoms with Crippen LogP contribution in [0.1, 0.15) is 86.5 Å². The van der Waals surface area contributed by atoms with Gasteiger partial charge in [0.25, 0.3) is 0 Å². The fourth-order valence-corrected chi connectivity index (χ4v) is 4.58. The molecule has 0 atom stereocenters. The highest BCUT2D eigenvalue weighted by Gasteiger charge is 2.14. The average Bonchev–Trinajstić information content (AvgIpc) is 2.80. The monoisotopic (exact) mass is 508 g/mol. The van der Waals surface area contributed by atoms with Gasteiger partial charge in [-0.1, -0.05) is 72.0 Å². The smallest absolute Gasteiger partial charge is 0.127 e. The third-order valence-corrected chi connectivity index (χ3v) is 6.41. The van der Waals surface area contributed by atoms with Gasteiger partial charge < -0.3 is 20.6 Å². The molecule has 0 aliphatic heterocycles. The van der Waals surface area contributed by atoms with Gasteiger partial charge in [-0.05, 0) is 74.9 Å². The largest absolute Gasteiger partial charge is 0.507 e. The molecule has 0 aromatic heterocycles. The molecule has 186 valence electrons. The molecule has 0 fully saturated rings. The number of aryl methyl sites for hydroxylation is 2. The number of halogens is 2. The Hall–Kier alpha value is -2.44. The summed E-state index contributed by atoms with van der Waals surface area (Å²) in [5.74, 6) is 0.208. The molecule has 0 heterocycles. The number of benzene rings is 2. The SMILES string of the molecule is Cc1cc(Cl)cc(/C(CCCCCCCCCC/C(=N\O)c2cc(Cl)cc(C)c2O)=N/O)c1O. The summed E-state index contributed by atoms with van der Waals surface area (Å²) in [7, 11) is 0. The molecule has 0 saturated heterocycles. The molecular weight excluding hydrogens is 475 g/mol. The molecule has 0 radical (unpaired) electrons. The van der Waals surface area contributed by atoms with E-state index in [0.717, 1.165) is 51.4 Å². The second-order valence-corrected chi connectivity index (χ2v) is 9.53. The van der Waals surface area contributed by atoms with Crippen LogP contribution in [0.4, 0.5) is 0 Å². The van der Waals surface area contributed by atoms with Gasteiger partial charge in [-0.2, -0.15) is 0 Å². The Morgan fingerprint density at radius 1 is 0.618 bits per heavy atom. The first-order chi connectivity index (χ1) is 16.3. The predicted octanol–water partition coefficient (Wildman–Crippen LogP) is 7.98. The van der Waals surface area contributed by atoms with E-state index in [2.05, 4.69) is 10.3 Å². The Bertz CT molecular complexity index is 941. The zero-order chi connectivity index (χ0) is 25.1. The van der Waals surface area contributed by atoms with Crippen molar-refractivity contribution in [2.75, 3.05) is 0 Å². The first kappa shape index (κ1) is 27.8. The van der Waals surface area contributed by atoms with Crippen LogP contribution in [-0.4, -0.2) is 32.1 Å². The van der Waals surface area contributed by atoms with Gasteiger partial charge in [0.05, 0.1) is 11.4 Å². The zero-order valence-electron chi connectivity index (χ0n) is 19.8. The summed E-state index contributed by atoms with van der Waals surface area (Å²) >= 11 is 12.1. The Balaban J connectivity index is 1.63. The lowest BCUT2D eigenvalue weighted by Crippen LogP contribution is -2.03. The first-order valence-corrected chi connectivity index (χ1v) is 12.4. The molecular formula is C26H34Cl2N2O4. The third kappa shape index (κ3) is 8.10. The number of rotatable bonds is 13. The van der Waals surface area contributed by atoms with Crippen molar-refractivity contribution in [2.45, 2.75) is 78.1 Å². The Morgan fingerprint density at radius 2 is 0.941 bits per heavy atom. The number of oxime groups is 2.